The Hall–Kier alpha value is -1.62. The zero-order valence-electron chi connectivity index (χ0n) is 11.7. The number of rotatable bonds is 4. The normalized spacial score (nSPS) is 10.5. The number of nitrogens with zero attached hydrogens (tertiary/aromatic N) is 3. The Bertz CT molecular complexity index is 563. The molecule has 0 aliphatic rings. The van der Waals surface area contributed by atoms with Gasteiger partial charge in [-0.1, -0.05) is 0 Å². The third-order valence-corrected chi connectivity index (χ3v) is 3.29. The lowest BCUT2D eigenvalue weighted by atomic mass is 10.3. The average molecular weight is 274 g/mol. The fourth-order valence-electron chi connectivity index (χ4n) is 1.83. The second kappa shape index (κ2) is 6.02. The Morgan fingerprint density at radius 3 is 2.42 bits per heavy atom. The number of anilines is 1. The molecule has 0 fully saturated rings. The van der Waals surface area contributed by atoms with Gasteiger partial charge in [-0.2, -0.15) is 0 Å². The summed E-state index contributed by atoms with van der Waals surface area (Å²) in [6.45, 7) is 8.89. The molecule has 0 spiro atoms. The van der Waals surface area contributed by atoms with Crippen molar-refractivity contribution in [1.82, 2.24) is 15.0 Å². The maximum absolute atomic E-state index is 4.52. The van der Waals surface area contributed by atoms with E-state index in [9.17, 15) is 0 Å². The lowest BCUT2D eigenvalue weighted by Crippen LogP contribution is -2.02. The van der Waals surface area contributed by atoms with E-state index < -0.39 is 0 Å². The molecule has 2 heterocycles. The van der Waals surface area contributed by atoms with Crippen molar-refractivity contribution in [3.63, 3.8) is 0 Å². The van der Waals surface area contributed by atoms with Gasteiger partial charge in [0.15, 0.2) is 0 Å². The van der Waals surface area contributed by atoms with Crippen LogP contribution in [-0.4, -0.2) is 21.5 Å². The highest BCUT2D eigenvalue weighted by Crippen LogP contribution is 2.26. The maximum Gasteiger partial charge on any atom is 0.130 e. The molecule has 2 rings (SSSR count). The first-order valence-electron chi connectivity index (χ1n) is 6.29. The van der Waals surface area contributed by atoms with Gasteiger partial charge in [0.05, 0.1) is 0 Å². The highest BCUT2D eigenvalue weighted by atomic mass is 32.2. The molecule has 0 saturated carbocycles. The lowest BCUT2D eigenvalue weighted by Gasteiger charge is -2.07. The van der Waals surface area contributed by atoms with Crippen molar-refractivity contribution in [2.24, 2.45) is 0 Å². The van der Waals surface area contributed by atoms with Gasteiger partial charge < -0.3 is 5.32 Å². The van der Waals surface area contributed by atoms with Crippen molar-refractivity contribution < 1.29 is 0 Å². The summed E-state index contributed by atoms with van der Waals surface area (Å²) in [6, 6.07) is 6.10. The van der Waals surface area contributed by atoms with Gasteiger partial charge in [0.1, 0.15) is 21.7 Å². The van der Waals surface area contributed by atoms with E-state index in [2.05, 4.69) is 46.2 Å². The Morgan fingerprint density at radius 2 is 1.74 bits per heavy atom. The fourth-order valence-corrected chi connectivity index (χ4v) is 2.83. The number of pyridine rings is 1. The topological polar surface area (TPSA) is 50.7 Å². The van der Waals surface area contributed by atoms with Crippen LogP contribution in [0.4, 0.5) is 5.82 Å². The van der Waals surface area contributed by atoms with Crippen LogP contribution in [0.15, 0.2) is 28.3 Å². The van der Waals surface area contributed by atoms with Gasteiger partial charge in [-0.05, 0) is 57.2 Å². The minimum absolute atomic E-state index is 0.769. The van der Waals surface area contributed by atoms with E-state index in [0.29, 0.717) is 0 Å². The SMILES string of the molecule is CCNc1cc(Sc2cc(C)cc(C)n2)nc(C)n1. The summed E-state index contributed by atoms with van der Waals surface area (Å²) in [5.41, 5.74) is 2.24. The highest BCUT2D eigenvalue weighted by molar-refractivity contribution is 7.99. The summed E-state index contributed by atoms with van der Waals surface area (Å²) in [4.78, 5) is 13.3. The summed E-state index contributed by atoms with van der Waals surface area (Å²) >= 11 is 1.57. The van der Waals surface area contributed by atoms with Gasteiger partial charge in [0.25, 0.3) is 0 Å². The molecule has 0 unspecified atom stereocenters. The molecule has 19 heavy (non-hydrogen) atoms. The van der Waals surface area contributed by atoms with Crippen molar-refractivity contribution >= 4 is 17.6 Å². The molecule has 4 nitrogen and oxygen atoms in total. The third kappa shape index (κ3) is 3.92. The summed E-state index contributed by atoms with van der Waals surface area (Å²) in [5.74, 6) is 1.63. The van der Waals surface area contributed by atoms with Gasteiger partial charge in [-0.3, -0.25) is 0 Å². The standard InChI is InChI=1S/C14H18N4S/c1-5-15-12-8-14(18-11(4)17-12)19-13-7-9(2)6-10(3)16-13/h6-8H,5H2,1-4H3,(H,15,17,18). The first-order valence-corrected chi connectivity index (χ1v) is 7.11. The zero-order valence-corrected chi connectivity index (χ0v) is 12.5. The van der Waals surface area contributed by atoms with Crippen LogP contribution >= 0.6 is 11.8 Å². The van der Waals surface area contributed by atoms with Crippen LogP contribution in [0.25, 0.3) is 0 Å². The van der Waals surface area contributed by atoms with Gasteiger partial charge in [0.2, 0.25) is 0 Å². The molecule has 0 aromatic carbocycles. The van der Waals surface area contributed by atoms with E-state index in [0.717, 1.165) is 33.9 Å². The number of hydrogen-bond donors (Lipinski definition) is 1. The maximum atomic E-state index is 4.52. The average Bonchev–Trinajstić information content (AvgIpc) is 2.26. The smallest absolute Gasteiger partial charge is 0.130 e. The Kier molecular flexibility index (Phi) is 4.37. The lowest BCUT2D eigenvalue weighted by molar-refractivity contribution is 0.955. The number of nitrogens with one attached hydrogen (secondary N) is 1. The molecule has 0 aliphatic carbocycles. The Labute approximate surface area is 118 Å². The first kappa shape index (κ1) is 13.8. The van der Waals surface area contributed by atoms with Gasteiger partial charge in [0, 0.05) is 18.3 Å². The van der Waals surface area contributed by atoms with E-state index in [4.69, 9.17) is 0 Å². The van der Waals surface area contributed by atoms with Crippen LogP contribution in [0, 0.1) is 20.8 Å². The van der Waals surface area contributed by atoms with Crippen molar-refractivity contribution in [3.05, 3.63) is 35.3 Å². The highest BCUT2D eigenvalue weighted by Gasteiger charge is 2.05. The predicted octanol–water partition coefficient (Wildman–Crippen LogP) is 3.38. The van der Waals surface area contributed by atoms with E-state index in [-0.39, 0.29) is 0 Å². The van der Waals surface area contributed by atoms with Crippen molar-refractivity contribution in [3.8, 4) is 0 Å². The van der Waals surface area contributed by atoms with E-state index in [1.54, 1.807) is 11.8 Å². The summed E-state index contributed by atoms with van der Waals surface area (Å²) in [5, 5.41) is 5.10. The molecule has 0 radical (unpaired) electrons. The van der Waals surface area contributed by atoms with Gasteiger partial charge >= 0.3 is 0 Å². The van der Waals surface area contributed by atoms with Crippen LogP contribution in [0.3, 0.4) is 0 Å². The molecule has 0 amide bonds. The van der Waals surface area contributed by atoms with Gasteiger partial charge in [-0.15, -0.1) is 0 Å². The minimum atomic E-state index is 0.769. The molecule has 5 heteroatoms. The van der Waals surface area contributed by atoms with Crippen LogP contribution in [0.2, 0.25) is 0 Å². The largest absolute Gasteiger partial charge is 0.370 e. The zero-order chi connectivity index (χ0) is 13.8. The monoisotopic (exact) mass is 274 g/mol. The summed E-state index contributed by atoms with van der Waals surface area (Å²) in [6.07, 6.45) is 0. The van der Waals surface area contributed by atoms with E-state index >= 15 is 0 Å². The van der Waals surface area contributed by atoms with Crippen molar-refractivity contribution in [2.75, 3.05) is 11.9 Å². The molecule has 0 atom stereocenters. The van der Waals surface area contributed by atoms with E-state index in [1.165, 1.54) is 5.56 Å². The van der Waals surface area contributed by atoms with Crippen LogP contribution < -0.4 is 5.32 Å². The van der Waals surface area contributed by atoms with Crippen LogP contribution in [0.5, 0.6) is 0 Å². The molecule has 0 aliphatic heterocycles. The molecular weight excluding hydrogens is 256 g/mol. The van der Waals surface area contributed by atoms with Crippen LogP contribution in [0.1, 0.15) is 24.0 Å². The molecule has 100 valence electrons. The second-order valence-corrected chi connectivity index (χ2v) is 5.44. The number of aromatic nitrogens is 3. The Morgan fingerprint density at radius 1 is 1.00 bits per heavy atom. The molecule has 1 N–H and O–H groups in total. The molecule has 0 bridgehead atoms. The quantitative estimate of drug-likeness (QED) is 0.866. The Balaban J connectivity index is 2.27. The molecule has 2 aromatic heterocycles. The molecular formula is C14H18N4S. The van der Waals surface area contributed by atoms with Gasteiger partial charge in [-0.25, -0.2) is 15.0 Å². The van der Waals surface area contributed by atoms with Crippen molar-refractivity contribution in [2.45, 2.75) is 37.7 Å². The molecule has 2 aromatic rings. The van der Waals surface area contributed by atoms with Crippen LogP contribution in [-0.2, 0) is 0 Å². The third-order valence-electron chi connectivity index (χ3n) is 2.46. The predicted molar refractivity (Wildman–Crippen MR) is 78.8 cm³/mol. The number of hydrogen-bond acceptors (Lipinski definition) is 5. The summed E-state index contributed by atoms with van der Waals surface area (Å²) < 4.78 is 0. The second-order valence-electron chi connectivity index (χ2n) is 4.40. The van der Waals surface area contributed by atoms with Crippen molar-refractivity contribution in [1.29, 1.82) is 0 Å². The first-order chi connectivity index (χ1) is 9.06. The fraction of sp³-hybridized carbons (Fsp3) is 0.357. The summed E-state index contributed by atoms with van der Waals surface area (Å²) in [7, 11) is 0. The minimum Gasteiger partial charge on any atom is -0.370 e. The number of aryl methyl sites for hydroxylation is 3. The van der Waals surface area contributed by atoms with E-state index in [1.807, 2.05) is 19.9 Å². The molecule has 0 saturated heterocycles.